The highest BCUT2D eigenvalue weighted by Crippen LogP contribution is 2.42. The van der Waals surface area contributed by atoms with Crippen LogP contribution in [0.25, 0.3) is 4.91 Å². The van der Waals surface area contributed by atoms with Crippen LogP contribution in [0.3, 0.4) is 0 Å². The van der Waals surface area contributed by atoms with Crippen molar-refractivity contribution >= 4 is 22.6 Å². The van der Waals surface area contributed by atoms with Crippen LogP contribution < -0.4 is 4.74 Å². The van der Waals surface area contributed by atoms with Crippen molar-refractivity contribution in [2.45, 2.75) is 12.2 Å². The molecule has 1 aliphatic rings. The van der Waals surface area contributed by atoms with Crippen molar-refractivity contribution in [2.24, 2.45) is 0 Å². The molecule has 0 spiro atoms. The van der Waals surface area contributed by atoms with Crippen molar-refractivity contribution in [3.05, 3.63) is 70.8 Å². The van der Waals surface area contributed by atoms with E-state index in [1.54, 1.807) is 18.9 Å². The molecule has 118 valence electrons. The van der Waals surface area contributed by atoms with Crippen LogP contribution in [0.5, 0.6) is 5.75 Å². The Morgan fingerprint density at radius 2 is 1.83 bits per heavy atom. The van der Waals surface area contributed by atoms with E-state index in [0.29, 0.717) is 6.42 Å². The lowest BCUT2D eigenvalue weighted by atomic mass is 10.1. The highest BCUT2D eigenvalue weighted by molar-refractivity contribution is 8.07. The van der Waals surface area contributed by atoms with Crippen molar-refractivity contribution in [3.8, 4) is 5.75 Å². The topological polar surface area (TPSA) is 35.5 Å². The van der Waals surface area contributed by atoms with Crippen LogP contribution in [0.1, 0.15) is 16.7 Å². The highest BCUT2D eigenvalue weighted by Gasteiger charge is 2.26. The van der Waals surface area contributed by atoms with Crippen LogP contribution in [0.4, 0.5) is 0 Å². The van der Waals surface area contributed by atoms with Gasteiger partial charge in [-0.05, 0) is 28.8 Å². The smallest absolute Gasteiger partial charge is 0.335 e. The van der Waals surface area contributed by atoms with Gasteiger partial charge in [-0.3, -0.25) is 0 Å². The average Bonchev–Trinajstić information content (AvgIpc) is 2.98. The van der Waals surface area contributed by atoms with Crippen LogP contribution in [-0.2, 0) is 21.7 Å². The molecule has 0 amide bonds. The molecule has 0 atom stereocenters. The largest absolute Gasteiger partial charge is 0.497 e. The van der Waals surface area contributed by atoms with Crippen molar-refractivity contribution in [1.82, 2.24) is 0 Å². The number of ether oxygens (including phenoxy) is 2. The summed E-state index contributed by atoms with van der Waals surface area (Å²) in [6, 6.07) is 16.1. The fourth-order valence-electron chi connectivity index (χ4n) is 2.66. The molecule has 0 N–H and O–H groups in total. The van der Waals surface area contributed by atoms with Gasteiger partial charge < -0.3 is 9.47 Å². The first kappa shape index (κ1) is 15.7. The van der Waals surface area contributed by atoms with E-state index >= 15 is 0 Å². The molecular weight excluding hydrogens is 308 g/mol. The van der Waals surface area contributed by atoms with E-state index in [1.807, 2.05) is 36.4 Å². The first-order chi connectivity index (χ1) is 11.2. The van der Waals surface area contributed by atoms with Crippen molar-refractivity contribution < 1.29 is 14.3 Å². The summed E-state index contributed by atoms with van der Waals surface area (Å²) in [5.74, 6) is 1.41. The molecule has 0 radical (unpaired) electrons. The summed E-state index contributed by atoms with van der Waals surface area (Å²) in [5.41, 5.74) is 4.28. The molecule has 1 aliphatic carbocycles. The Morgan fingerprint density at radius 1 is 1.09 bits per heavy atom. The molecule has 0 fully saturated rings. The van der Waals surface area contributed by atoms with Crippen molar-refractivity contribution in [2.75, 3.05) is 14.2 Å². The number of methoxy groups -OCH3 is 2. The zero-order chi connectivity index (χ0) is 16.2. The Labute approximate surface area is 140 Å². The predicted octanol–water partition coefficient (Wildman–Crippen LogP) is 4.07. The van der Waals surface area contributed by atoms with E-state index in [0.717, 1.165) is 27.5 Å². The molecule has 0 bridgehead atoms. The van der Waals surface area contributed by atoms with Crippen LogP contribution in [0, 0.1) is 0 Å². The minimum Gasteiger partial charge on any atom is -0.497 e. The number of esters is 1. The highest BCUT2D eigenvalue weighted by atomic mass is 32.2. The summed E-state index contributed by atoms with van der Waals surface area (Å²) in [7, 11) is 3.09. The molecule has 4 heteroatoms. The summed E-state index contributed by atoms with van der Waals surface area (Å²) < 4.78 is 10.1. The molecule has 0 aliphatic heterocycles. The first-order valence-electron chi connectivity index (χ1n) is 7.38. The molecule has 23 heavy (non-hydrogen) atoms. The van der Waals surface area contributed by atoms with Gasteiger partial charge in [0.1, 0.15) is 5.75 Å². The lowest BCUT2D eigenvalue weighted by Gasteiger charge is -2.08. The second-order valence-electron chi connectivity index (χ2n) is 5.27. The lowest BCUT2D eigenvalue weighted by molar-refractivity contribution is -0.136. The number of rotatable bonds is 5. The summed E-state index contributed by atoms with van der Waals surface area (Å²) in [6.07, 6.45) is 0.647. The fourth-order valence-corrected chi connectivity index (χ4v) is 3.85. The van der Waals surface area contributed by atoms with Gasteiger partial charge in [-0.25, -0.2) is 4.79 Å². The quantitative estimate of drug-likeness (QED) is 0.776. The predicted molar refractivity (Wildman–Crippen MR) is 93.4 cm³/mol. The Hall–Kier alpha value is -2.20. The number of carbonyl (C=O) groups excluding carboxylic acids is 1. The molecule has 2 aromatic rings. The number of carbonyl (C=O) groups is 1. The van der Waals surface area contributed by atoms with Gasteiger partial charge in [-0.2, -0.15) is 0 Å². The Balaban J connectivity index is 1.83. The monoisotopic (exact) mass is 326 g/mol. The molecule has 2 aromatic carbocycles. The molecule has 3 nitrogen and oxygen atoms in total. The number of benzene rings is 2. The van der Waals surface area contributed by atoms with Crippen LogP contribution in [0.2, 0.25) is 0 Å². The third-order valence-corrected chi connectivity index (χ3v) is 5.11. The van der Waals surface area contributed by atoms with E-state index in [1.165, 1.54) is 18.2 Å². The first-order valence-corrected chi connectivity index (χ1v) is 8.37. The van der Waals surface area contributed by atoms with Gasteiger partial charge in [0.25, 0.3) is 0 Å². The standard InChI is InChI=1S/C19H18O3S/c1-21-15-9-7-13(8-10-15)12-23-18-16-6-4-3-5-14(16)11-17(18)19(20)22-2/h3-10H,11-12H2,1-2H3. The third-order valence-electron chi connectivity index (χ3n) is 3.88. The summed E-state index contributed by atoms with van der Waals surface area (Å²) >= 11 is 1.68. The normalized spacial score (nSPS) is 13.0. The number of hydrogen-bond donors (Lipinski definition) is 0. The zero-order valence-electron chi connectivity index (χ0n) is 13.2. The Kier molecular flexibility index (Phi) is 4.72. The van der Waals surface area contributed by atoms with Gasteiger partial charge in [0.05, 0.1) is 19.8 Å². The second kappa shape index (κ2) is 6.92. The van der Waals surface area contributed by atoms with Crippen molar-refractivity contribution in [1.29, 1.82) is 0 Å². The summed E-state index contributed by atoms with van der Waals surface area (Å²) in [4.78, 5) is 13.1. The third kappa shape index (κ3) is 3.27. The molecule has 0 heterocycles. The molecular formula is C19H18O3S. The number of hydrogen-bond acceptors (Lipinski definition) is 4. The SMILES string of the molecule is COC(=O)C1=C(SCc2ccc(OC)cc2)c2ccccc2C1. The Morgan fingerprint density at radius 3 is 2.52 bits per heavy atom. The van der Waals surface area contributed by atoms with Gasteiger partial charge in [0.2, 0.25) is 0 Å². The van der Waals surface area contributed by atoms with Gasteiger partial charge in [-0.15, -0.1) is 11.8 Å². The molecule has 0 aromatic heterocycles. The minimum atomic E-state index is -0.238. The fraction of sp³-hybridized carbons (Fsp3) is 0.211. The summed E-state index contributed by atoms with van der Waals surface area (Å²) in [5, 5.41) is 0. The van der Waals surface area contributed by atoms with Gasteiger partial charge in [0.15, 0.2) is 0 Å². The van der Waals surface area contributed by atoms with Crippen molar-refractivity contribution in [3.63, 3.8) is 0 Å². The van der Waals surface area contributed by atoms with Gasteiger partial charge in [0, 0.05) is 17.1 Å². The van der Waals surface area contributed by atoms with Crippen LogP contribution in [0.15, 0.2) is 54.1 Å². The lowest BCUT2D eigenvalue weighted by Crippen LogP contribution is -2.05. The molecule has 3 rings (SSSR count). The van der Waals surface area contributed by atoms with Crippen LogP contribution in [-0.4, -0.2) is 20.2 Å². The molecule has 0 saturated carbocycles. The number of fused-ring (bicyclic) bond motifs is 1. The molecule has 0 saturated heterocycles. The van der Waals surface area contributed by atoms with E-state index in [-0.39, 0.29) is 5.97 Å². The maximum Gasteiger partial charge on any atom is 0.335 e. The number of thioether (sulfide) groups is 1. The Bertz CT molecular complexity index is 747. The van der Waals surface area contributed by atoms with E-state index in [4.69, 9.17) is 9.47 Å². The maximum atomic E-state index is 12.1. The van der Waals surface area contributed by atoms with Crippen LogP contribution >= 0.6 is 11.8 Å². The summed E-state index contributed by atoms with van der Waals surface area (Å²) in [6.45, 7) is 0. The van der Waals surface area contributed by atoms with Gasteiger partial charge >= 0.3 is 5.97 Å². The van der Waals surface area contributed by atoms with Gasteiger partial charge in [-0.1, -0.05) is 36.4 Å². The van der Waals surface area contributed by atoms with E-state index < -0.39 is 0 Å². The average molecular weight is 326 g/mol. The second-order valence-corrected chi connectivity index (χ2v) is 6.26. The zero-order valence-corrected chi connectivity index (χ0v) is 14.0. The maximum absolute atomic E-state index is 12.1. The minimum absolute atomic E-state index is 0.238. The van der Waals surface area contributed by atoms with E-state index in [2.05, 4.69) is 12.1 Å². The molecule has 0 unspecified atom stereocenters. The van der Waals surface area contributed by atoms with E-state index in [9.17, 15) is 4.79 Å².